The highest BCUT2D eigenvalue weighted by molar-refractivity contribution is 7.99. The van der Waals surface area contributed by atoms with Gasteiger partial charge in [-0.1, -0.05) is 59.3 Å². The lowest BCUT2D eigenvalue weighted by Crippen LogP contribution is -2.15. The van der Waals surface area contributed by atoms with Crippen LogP contribution in [0.1, 0.15) is 30.0 Å². The zero-order valence-electron chi connectivity index (χ0n) is 20.2. The van der Waals surface area contributed by atoms with Crippen molar-refractivity contribution in [3.05, 3.63) is 82.5 Å². The van der Waals surface area contributed by atoms with Crippen LogP contribution in [0, 0.1) is 13.8 Å². The highest BCUT2D eigenvalue weighted by Crippen LogP contribution is 2.28. The number of aryl methyl sites for hydroxylation is 2. The van der Waals surface area contributed by atoms with Crippen molar-refractivity contribution < 1.29 is 9.53 Å². The van der Waals surface area contributed by atoms with Crippen LogP contribution < -0.4 is 10.1 Å². The Morgan fingerprint density at radius 3 is 2.75 bits per heavy atom. The Hall–Kier alpha value is -3.14. The molecule has 0 spiro atoms. The molecule has 2 heterocycles. The minimum absolute atomic E-state index is 0.166. The third-order valence-electron chi connectivity index (χ3n) is 5.29. The summed E-state index contributed by atoms with van der Waals surface area (Å²) in [5, 5.41) is 15.3. The zero-order valence-corrected chi connectivity index (χ0v) is 22.6. The number of carbonyl (C=O) groups excluding carboxylic acids is 1. The van der Waals surface area contributed by atoms with Crippen LogP contribution in [-0.2, 0) is 11.3 Å². The van der Waals surface area contributed by atoms with Crippen molar-refractivity contribution in [2.75, 3.05) is 11.1 Å². The van der Waals surface area contributed by atoms with Gasteiger partial charge in [0, 0.05) is 22.5 Å². The number of nitrogens with one attached hydrogen (secondary N) is 1. The van der Waals surface area contributed by atoms with Crippen molar-refractivity contribution in [2.45, 2.75) is 38.6 Å². The maximum atomic E-state index is 12.6. The van der Waals surface area contributed by atoms with Crippen LogP contribution in [0.15, 0.2) is 65.7 Å². The fourth-order valence-electron chi connectivity index (χ4n) is 3.43. The van der Waals surface area contributed by atoms with Crippen LogP contribution in [0.3, 0.4) is 0 Å². The Morgan fingerprint density at radius 1 is 1.25 bits per heavy atom. The first-order valence-electron chi connectivity index (χ1n) is 11.3. The number of allylic oxidation sites excluding steroid dienone is 1. The second-order valence-electron chi connectivity index (χ2n) is 8.15. The molecule has 10 heteroatoms. The smallest absolute Gasteiger partial charge is 0.236 e. The Morgan fingerprint density at radius 2 is 2.03 bits per heavy atom. The van der Waals surface area contributed by atoms with Gasteiger partial charge >= 0.3 is 0 Å². The molecule has 0 aliphatic rings. The number of ether oxygens (including phenoxy) is 1. The van der Waals surface area contributed by atoms with Gasteiger partial charge in [0.15, 0.2) is 22.2 Å². The third kappa shape index (κ3) is 6.34. The van der Waals surface area contributed by atoms with Crippen molar-refractivity contribution >= 4 is 45.7 Å². The molecule has 36 heavy (non-hydrogen) atoms. The van der Waals surface area contributed by atoms with Gasteiger partial charge in [-0.15, -0.1) is 28.1 Å². The van der Waals surface area contributed by atoms with Gasteiger partial charge in [0.25, 0.3) is 0 Å². The maximum Gasteiger partial charge on any atom is 0.236 e. The molecule has 7 nitrogen and oxygen atoms in total. The molecule has 0 aliphatic carbocycles. The molecule has 4 rings (SSSR count). The number of amides is 1. The number of thioether (sulfide) groups is 1. The van der Waals surface area contributed by atoms with Gasteiger partial charge in [0.2, 0.25) is 5.91 Å². The Balaban J connectivity index is 1.39. The number of carbonyl (C=O) groups is 1. The Bertz CT molecular complexity index is 1370. The topological polar surface area (TPSA) is 81.9 Å². The summed E-state index contributed by atoms with van der Waals surface area (Å²) in [7, 11) is 0. The maximum absolute atomic E-state index is 12.6. The standard InChI is InChI=1S/C26H26ClN5O2S2/c1-5-12-32-24(18(4)34-20-10-11-21(27)17(3)13-20)30-31-26(32)36-15-23(33)29-25-28-22(14-35-25)19-8-6-16(2)7-9-19/h5-11,13-14,18H,1,12,15H2,2-4H3,(H,28,29,33). The van der Waals surface area contributed by atoms with E-state index in [2.05, 4.69) is 27.1 Å². The van der Waals surface area contributed by atoms with Gasteiger partial charge in [-0.25, -0.2) is 4.98 Å². The molecule has 4 aromatic rings. The van der Waals surface area contributed by atoms with Crippen molar-refractivity contribution in [2.24, 2.45) is 0 Å². The van der Waals surface area contributed by atoms with Crippen LogP contribution in [0.4, 0.5) is 5.13 Å². The molecule has 1 amide bonds. The van der Waals surface area contributed by atoms with Gasteiger partial charge in [0.1, 0.15) is 5.75 Å². The Labute approximate surface area is 223 Å². The van der Waals surface area contributed by atoms with Crippen LogP contribution >= 0.6 is 34.7 Å². The number of anilines is 1. The molecule has 0 bridgehead atoms. The van der Waals surface area contributed by atoms with E-state index in [0.29, 0.717) is 33.4 Å². The first-order chi connectivity index (χ1) is 17.3. The lowest BCUT2D eigenvalue weighted by molar-refractivity contribution is -0.113. The molecule has 1 N–H and O–H groups in total. The molecule has 2 aromatic heterocycles. The van der Waals surface area contributed by atoms with Gasteiger partial charge in [-0.3, -0.25) is 9.36 Å². The van der Waals surface area contributed by atoms with E-state index in [4.69, 9.17) is 16.3 Å². The van der Waals surface area contributed by atoms with E-state index in [-0.39, 0.29) is 17.8 Å². The molecular weight excluding hydrogens is 514 g/mol. The van der Waals surface area contributed by atoms with Crippen molar-refractivity contribution in [1.29, 1.82) is 0 Å². The zero-order chi connectivity index (χ0) is 25.7. The van der Waals surface area contributed by atoms with Crippen molar-refractivity contribution in [3.63, 3.8) is 0 Å². The lowest BCUT2D eigenvalue weighted by Gasteiger charge is -2.16. The summed E-state index contributed by atoms with van der Waals surface area (Å²) in [6, 6.07) is 13.6. The van der Waals surface area contributed by atoms with E-state index in [1.54, 1.807) is 12.1 Å². The monoisotopic (exact) mass is 539 g/mol. The molecule has 0 fully saturated rings. The number of hydrogen-bond acceptors (Lipinski definition) is 7. The van der Waals surface area contributed by atoms with Crippen molar-refractivity contribution in [1.82, 2.24) is 19.7 Å². The average molecular weight is 540 g/mol. The first-order valence-corrected chi connectivity index (χ1v) is 13.5. The summed E-state index contributed by atoms with van der Waals surface area (Å²) in [6.07, 6.45) is 1.40. The van der Waals surface area contributed by atoms with E-state index in [9.17, 15) is 4.79 Å². The van der Waals surface area contributed by atoms with E-state index in [0.717, 1.165) is 16.8 Å². The van der Waals surface area contributed by atoms with E-state index < -0.39 is 0 Å². The number of benzene rings is 2. The molecule has 0 aliphatic heterocycles. The van der Waals surface area contributed by atoms with Crippen molar-refractivity contribution in [3.8, 4) is 17.0 Å². The van der Waals surface area contributed by atoms with Crippen LogP contribution in [-0.4, -0.2) is 31.4 Å². The van der Waals surface area contributed by atoms with Gasteiger partial charge in [0.05, 0.1) is 11.4 Å². The number of rotatable bonds is 10. The fourth-order valence-corrected chi connectivity index (χ4v) is 5.04. The molecule has 0 saturated heterocycles. The molecule has 2 aromatic carbocycles. The minimum atomic E-state index is -0.364. The Kier molecular flexibility index (Phi) is 8.45. The van der Waals surface area contributed by atoms with Gasteiger partial charge < -0.3 is 10.1 Å². The summed E-state index contributed by atoms with van der Waals surface area (Å²) < 4.78 is 7.97. The van der Waals surface area contributed by atoms with Gasteiger partial charge in [-0.2, -0.15) is 0 Å². The number of halogens is 1. The summed E-state index contributed by atoms with van der Waals surface area (Å²) in [6.45, 7) is 10.2. The molecule has 186 valence electrons. The summed E-state index contributed by atoms with van der Waals surface area (Å²) in [4.78, 5) is 17.1. The molecule has 0 radical (unpaired) electrons. The number of aromatic nitrogens is 4. The highest BCUT2D eigenvalue weighted by Gasteiger charge is 2.20. The lowest BCUT2D eigenvalue weighted by atomic mass is 10.1. The average Bonchev–Trinajstić information content (AvgIpc) is 3.48. The first kappa shape index (κ1) is 25.9. The largest absolute Gasteiger partial charge is 0.483 e. The normalized spacial score (nSPS) is 11.8. The molecule has 1 atom stereocenters. The van der Waals surface area contributed by atoms with E-state index in [1.807, 2.05) is 67.1 Å². The third-order valence-corrected chi connectivity index (χ3v) is 7.44. The second kappa shape index (κ2) is 11.7. The molecule has 1 unspecified atom stereocenters. The number of thiazole rings is 1. The molecule has 0 saturated carbocycles. The van der Waals surface area contributed by atoms with Crippen LogP contribution in [0.2, 0.25) is 5.02 Å². The molecular formula is C26H26ClN5O2S2. The van der Waals surface area contributed by atoms with Crippen LogP contribution in [0.25, 0.3) is 11.3 Å². The summed E-state index contributed by atoms with van der Waals surface area (Å²) in [5.74, 6) is 1.34. The van der Waals surface area contributed by atoms with E-state index in [1.165, 1.54) is 28.7 Å². The summed E-state index contributed by atoms with van der Waals surface area (Å²) in [5.41, 5.74) is 3.97. The van der Waals surface area contributed by atoms with Gasteiger partial charge in [-0.05, 0) is 44.5 Å². The number of hydrogen-bond donors (Lipinski definition) is 1. The highest BCUT2D eigenvalue weighted by atomic mass is 35.5. The minimum Gasteiger partial charge on any atom is -0.483 e. The fraction of sp³-hybridized carbons (Fsp3) is 0.231. The van der Waals surface area contributed by atoms with E-state index >= 15 is 0 Å². The second-order valence-corrected chi connectivity index (χ2v) is 10.4. The SMILES string of the molecule is C=CCn1c(SCC(=O)Nc2nc(-c3ccc(C)cc3)cs2)nnc1C(C)Oc1ccc(Cl)c(C)c1. The predicted octanol–water partition coefficient (Wildman–Crippen LogP) is 6.73. The number of nitrogens with zero attached hydrogens (tertiary/aromatic N) is 4. The summed E-state index contributed by atoms with van der Waals surface area (Å²) >= 11 is 8.82. The predicted molar refractivity (Wildman–Crippen MR) is 147 cm³/mol. The van der Waals surface area contributed by atoms with Crippen LogP contribution in [0.5, 0.6) is 5.75 Å². The quantitative estimate of drug-likeness (QED) is 0.178.